The molecule has 0 saturated carbocycles. The van der Waals surface area contributed by atoms with E-state index < -0.39 is 0 Å². The second kappa shape index (κ2) is 11.7. The molecule has 0 atom stereocenters. The van der Waals surface area contributed by atoms with Crippen LogP contribution in [0.25, 0.3) is 0 Å². The molecule has 0 amide bonds. The van der Waals surface area contributed by atoms with Gasteiger partial charge in [0.1, 0.15) is 23.0 Å². The molecular weight excluding hydrogens is 444 g/mol. The minimum absolute atomic E-state index is 0.331. The molecule has 4 rings (SSSR count). The number of rotatable bonds is 11. The summed E-state index contributed by atoms with van der Waals surface area (Å²) in [6.45, 7) is 4.54. The van der Waals surface area contributed by atoms with E-state index in [4.69, 9.17) is 20.9 Å². The third-order valence-electron chi connectivity index (χ3n) is 6.71. The summed E-state index contributed by atoms with van der Waals surface area (Å²) < 4.78 is 12.8. The van der Waals surface area contributed by atoms with E-state index in [2.05, 4.69) is 38.1 Å². The lowest BCUT2D eigenvalue weighted by Crippen LogP contribution is -2.25. The maximum absolute atomic E-state index is 6.42. The Balaban J connectivity index is 1.76. The van der Waals surface area contributed by atoms with Gasteiger partial charge >= 0.3 is 0 Å². The van der Waals surface area contributed by atoms with Crippen LogP contribution in [0.4, 0.5) is 11.4 Å². The predicted molar refractivity (Wildman–Crippen MR) is 150 cm³/mol. The van der Waals surface area contributed by atoms with E-state index in [0.717, 1.165) is 47.0 Å². The standard InChI is InChI=1S/C32H36N2O2/c1-3-4-5-10-23-32(2,28-11-6-8-13-30(28)35-26-19-15-24(33)16-20-26)29-12-7-9-14-31(29)36-27-21-17-25(34)18-22-27/h6-9,11-22H,3-5,10,23,33-34H2,1-2H3. The van der Waals surface area contributed by atoms with Crippen molar-refractivity contribution in [2.75, 3.05) is 11.5 Å². The fraction of sp³-hybridized carbons (Fsp3) is 0.250. The van der Waals surface area contributed by atoms with Gasteiger partial charge in [-0.2, -0.15) is 0 Å². The van der Waals surface area contributed by atoms with Gasteiger partial charge in [-0.15, -0.1) is 0 Å². The highest BCUT2D eigenvalue weighted by Crippen LogP contribution is 2.46. The van der Waals surface area contributed by atoms with Gasteiger partial charge < -0.3 is 20.9 Å². The van der Waals surface area contributed by atoms with E-state index in [1.54, 1.807) is 0 Å². The fourth-order valence-electron chi connectivity index (χ4n) is 4.67. The zero-order valence-corrected chi connectivity index (χ0v) is 21.2. The number of anilines is 2. The van der Waals surface area contributed by atoms with Gasteiger partial charge in [0, 0.05) is 27.9 Å². The average molecular weight is 481 g/mol. The Kier molecular flexibility index (Phi) is 8.17. The van der Waals surface area contributed by atoms with Crippen molar-refractivity contribution in [2.24, 2.45) is 0 Å². The van der Waals surface area contributed by atoms with Gasteiger partial charge in [-0.3, -0.25) is 0 Å². The molecular formula is C32H36N2O2. The third-order valence-corrected chi connectivity index (χ3v) is 6.71. The third kappa shape index (κ3) is 6.01. The summed E-state index contributed by atoms with van der Waals surface area (Å²) in [6.07, 6.45) is 5.69. The quantitative estimate of drug-likeness (QED) is 0.166. The van der Waals surface area contributed by atoms with Crippen molar-refractivity contribution in [2.45, 2.75) is 51.4 Å². The van der Waals surface area contributed by atoms with Gasteiger partial charge in [0.2, 0.25) is 0 Å². The van der Waals surface area contributed by atoms with E-state index in [1.165, 1.54) is 19.3 Å². The van der Waals surface area contributed by atoms with Gasteiger partial charge in [0.25, 0.3) is 0 Å². The van der Waals surface area contributed by atoms with Crippen LogP contribution in [0.1, 0.15) is 57.1 Å². The SMILES string of the molecule is CCCCCCC(C)(c1ccccc1Oc1ccc(N)cc1)c1ccccc1Oc1ccc(N)cc1. The normalized spacial score (nSPS) is 11.3. The molecule has 0 aliphatic rings. The van der Waals surface area contributed by atoms with E-state index >= 15 is 0 Å². The van der Waals surface area contributed by atoms with Crippen LogP contribution in [0.15, 0.2) is 97.1 Å². The molecule has 36 heavy (non-hydrogen) atoms. The number of nitrogen functional groups attached to an aromatic ring is 2. The number of para-hydroxylation sites is 2. The highest BCUT2D eigenvalue weighted by Gasteiger charge is 2.34. The smallest absolute Gasteiger partial charge is 0.131 e. The summed E-state index contributed by atoms with van der Waals surface area (Å²) in [5.74, 6) is 3.19. The number of hydrogen-bond acceptors (Lipinski definition) is 4. The van der Waals surface area contributed by atoms with Crippen LogP contribution in [0.2, 0.25) is 0 Å². The molecule has 4 heteroatoms. The molecule has 0 saturated heterocycles. The van der Waals surface area contributed by atoms with Gasteiger partial charge in [-0.1, -0.05) is 75.9 Å². The average Bonchev–Trinajstić information content (AvgIpc) is 2.90. The molecule has 4 aromatic rings. The topological polar surface area (TPSA) is 70.5 Å². The summed E-state index contributed by atoms with van der Waals surface area (Å²) in [5, 5.41) is 0. The zero-order chi connectivity index (χ0) is 25.4. The number of hydrogen-bond donors (Lipinski definition) is 2. The van der Waals surface area contributed by atoms with E-state index in [1.807, 2.05) is 72.8 Å². The first-order chi connectivity index (χ1) is 17.5. The van der Waals surface area contributed by atoms with Crippen molar-refractivity contribution >= 4 is 11.4 Å². The first-order valence-electron chi connectivity index (χ1n) is 12.8. The van der Waals surface area contributed by atoms with Crippen molar-refractivity contribution in [3.8, 4) is 23.0 Å². The Hall–Kier alpha value is -3.92. The van der Waals surface area contributed by atoms with Gasteiger partial charge in [0.15, 0.2) is 0 Å². The second-order valence-corrected chi connectivity index (χ2v) is 9.48. The van der Waals surface area contributed by atoms with Crippen LogP contribution in [-0.4, -0.2) is 0 Å². The number of benzene rings is 4. The van der Waals surface area contributed by atoms with E-state index in [9.17, 15) is 0 Å². The lowest BCUT2D eigenvalue weighted by atomic mass is 9.72. The van der Waals surface area contributed by atoms with Crippen LogP contribution in [0.3, 0.4) is 0 Å². The summed E-state index contributed by atoms with van der Waals surface area (Å²) in [5.41, 5.74) is 15.1. The number of unbranched alkanes of at least 4 members (excludes halogenated alkanes) is 3. The Bertz CT molecular complexity index is 1160. The molecule has 4 aromatic carbocycles. The molecule has 0 aliphatic heterocycles. The van der Waals surface area contributed by atoms with E-state index in [-0.39, 0.29) is 5.41 Å². The van der Waals surface area contributed by atoms with Crippen LogP contribution in [0.5, 0.6) is 23.0 Å². The van der Waals surface area contributed by atoms with Gasteiger partial charge in [0.05, 0.1) is 0 Å². The first-order valence-corrected chi connectivity index (χ1v) is 12.8. The Morgan fingerprint density at radius 3 is 1.47 bits per heavy atom. The summed E-state index contributed by atoms with van der Waals surface area (Å²) in [7, 11) is 0. The highest BCUT2D eigenvalue weighted by atomic mass is 16.5. The molecule has 4 N–H and O–H groups in total. The van der Waals surface area contributed by atoms with Crippen LogP contribution in [-0.2, 0) is 5.41 Å². The predicted octanol–water partition coefficient (Wildman–Crippen LogP) is 8.71. The summed E-state index contributed by atoms with van der Waals surface area (Å²) in [6, 6.07) is 31.7. The lowest BCUT2D eigenvalue weighted by molar-refractivity contribution is 0.411. The van der Waals surface area contributed by atoms with Gasteiger partial charge in [-0.05, 0) is 67.1 Å². The fourth-order valence-corrected chi connectivity index (χ4v) is 4.67. The minimum atomic E-state index is -0.331. The molecule has 0 aromatic heterocycles. The van der Waals surface area contributed by atoms with Crippen LogP contribution < -0.4 is 20.9 Å². The Morgan fingerprint density at radius 2 is 1.03 bits per heavy atom. The summed E-state index contributed by atoms with van der Waals surface area (Å²) >= 11 is 0. The molecule has 0 heterocycles. The van der Waals surface area contributed by atoms with Crippen molar-refractivity contribution in [1.82, 2.24) is 0 Å². The Morgan fingerprint density at radius 1 is 0.583 bits per heavy atom. The number of ether oxygens (including phenoxy) is 2. The molecule has 186 valence electrons. The van der Waals surface area contributed by atoms with Crippen LogP contribution in [0, 0.1) is 0 Å². The molecule has 0 fully saturated rings. The maximum Gasteiger partial charge on any atom is 0.131 e. The molecule has 0 bridgehead atoms. The largest absolute Gasteiger partial charge is 0.457 e. The minimum Gasteiger partial charge on any atom is -0.457 e. The first kappa shape index (κ1) is 25.2. The molecule has 0 unspecified atom stereocenters. The zero-order valence-electron chi connectivity index (χ0n) is 21.2. The lowest BCUT2D eigenvalue weighted by Gasteiger charge is -2.34. The molecule has 4 nitrogen and oxygen atoms in total. The van der Waals surface area contributed by atoms with Crippen LogP contribution >= 0.6 is 0 Å². The summed E-state index contributed by atoms with van der Waals surface area (Å²) in [4.78, 5) is 0. The molecule has 0 radical (unpaired) electrons. The van der Waals surface area contributed by atoms with Crippen molar-refractivity contribution in [3.05, 3.63) is 108 Å². The van der Waals surface area contributed by atoms with E-state index in [0.29, 0.717) is 11.4 Å². The maximum atomic E-state index is 6.42. The monoisotopic (exact) mass is 480 g/mol. The van der Waals surface area contributed by atoms with Crippen molar-refractivity contribution in [1.29, 1.82) is 0 Å². The van der Waals surface area contributed by atoms with Gasteiger partial charge in [-0.25, -0.2) is 0 Å². The molecule has 0 aliphatic carbocycles. The highest BCUT2D eigenvalue weighted by molar-refractivity contribution is 5.54. The molecule has 0 spiro atoms. The Labute approximate surface area is 214 Å². The number of nitrogens with two attached hydrogens (primary N) is 2. The second-order valence-electron chi connectivity index (χ2n) is 9.48. The van der Waals surface area contributed by atoms with Crippen molar-refractivity contribution < 1.29 is 9.47 Å². The van der Waals surface area contributed by atoms with Crippen molar-refractivity contribution in [3.63, 3.8) is 0 Å².